The quantitative estimate of drug-likeness (QED) is 0.705. The highest BCUT2D eigenvalue weighted by Crippen LogP contribution is 2.25. The molecule has 154 valence electrons. The van der Waals surface area contributed by atoms with Gasteiger partial charge in [0.05, 0.1) is 23.1 Å². The van der Waals surface area contributed by atoms with Gasteiger partial charge in [0.1, 0.15) is 12.1 Å². The summed E-state index contributed by atoms with van der Waals surface area (Å²) in [5, 5.41) is 2.94. The Kier molecular flexibility index (Phi) is 5.88. The Morgan fingerprint density at radius 1 is 1.23 bits per heavy atom. The number of furan rings is 1. The summed E-state index contributed by atoms with van der Waals surface area (Å²) in [6, 6.07) is 11.3. The highest BCUT2D eigenvalue weighted by atomic mass is 16.3. The van der Waals surface area contributed by atoms with E-state index >= 15 is 0 Å². The normalized spacial score (nSPS) is 16.3. The summed E-state index contributed by atoms with van der Waals surface area (Å²) in [6.07, 6.45) is 6.38. The van der Waals surface area contributed by atoms with Gasteiger partial charge in [0.25, 0.3) is 11.8 Å². The largest absolute Gasteiger partial charge is 0.472 e. The van der Waals surface area contributed by atoms with E-state index in [1.165, 1.54) is 12.5 Å². The second-order valence-electron chi connectivity index (χ2n) is 7.53. The van der Waals surface area contributed by atoms with Gasteiger partial charge in [0.15, 0.2) is 0 Å². The maximum atomic E-state index is 13.3. The van der Waals surface area contributed by atoms with Gasteiger partial charge in [-0.15, -0.1) is 0 Å². The number of benzene rings is 1. The van der Waals surface area contributed by atoms with E-state index in [9.17, 15) is 9.59 Å². The molecule has 3 aromatic rings. The summed E-state index contributed by atoms with van der Waals surface area (Å²) in [4.78, 5) is 36.1. The van der Waals surface area contributed by atoms with E-state index in [2.05, 4.69) is 15.3 Å². The molecule has 2 amide bonds. The SMILES string of the molecule is Cc1ncc(C(=O)N2CCCC(CNC(=O)c3ccoc3)C2)c(-c2ccccc2)n1. The van der Waals surface area contributed by atoms with Gasteiger partial charge in [0.2, 0.25) is 0 Å². The molecule has 1 aromatic carbocycles. The van der Waals surface area contributed by atoms with Crippen molar-refractivity contribution in [3.63, 3.8) is 0 Å². The minimum Gasteiger partial charge on any atom is -0.472 e. The first-order valence-electron chi connectivity index (χ1n) is 10.1. The Morgan fingerprint density at radius 3 is 2.83 bits per heavy atom. The molecule has 3 heterocycles. The molecule has 7 nitrogen and oxygen atoms in total. The first-order chi connectivity index (χ1) is 14.6. The highest BCUT2D eigenvalue weighted by Gasteiger charge is 2.27. The fourth-order valence-electron chi connectivity index (χ4n) is 3.76. The van der Waals surface area contributed by atoms with E-state index in [1.54, 1.807) is 12.3 Å². The van der Waals surface area contributed by atoms with Crippen LogP contribution in [0.2, 0.25) is 0 Å². The average Bonchev–Trinajstić information content (AvgIpc) is 3.33. The fourth-order valence-corrected chi connectivity index (χ4v) is 3.76. The number of piperidine rings is 1. The van der Waals surface area contributed by atoms with Crippen LogP contribution in [0, 0.1) is 12.8 Å². The Balaban J connectivity index is 1.46. The van der Waals surface area contributed by atoms with Gasteiger partial charge in [-0.1, -0.05) is 30.3 Å². The molecule has 2 aromatic heterocycles. The molecule has 1 fully saturated rings. The number of carbonyl (C=O) groups is 2. The second-order valence-corrected chi connectivity index (χ2v) is 7.53. The summed E-state index contributed by atoms with van der Waals surface area (Å²) >= 11 is 0. The van der Waals surface area contributed by atoms with E-state index in [0.29, 0.717) is 42.3 Å². The van der Waals surface area contributed by atoms with Crippen LogP contribution in [-0.4, -0.2) is 46.3 Å². The number of carbonyl (C=O) groups excluding carboxylic acids is 2. The lowest BCUT2D eigenvalue weighted by atomic mass is 9.96. The van der Waals surface area contributed by atoms with Crippen LogP contribution in [0.1, 0.15) is 39.4 Å². The molecule has 1 aliphatic rings. The average molecular weight is 404 g/mol. The van der Waals surface area contributed by atoms with E-state index in [4.69, 9.17) is 4.42 Å². The van der Waals surface area contributed by atoms with E-state index in [0.717, 1.165) is 18.4 Å². The first kappa shape index (κ1) is 19.8. The molecule has 1 unspecified atom stereocenters. The van der Waals surface area contributed by atoms with Crippen LogP contribution in [0.15, 0.2) is 59.5 Å². The third kappa shape index (κ3) is 4.40. The van der Waals surface area contributed by atoms with Crippen molar-refractivity contribution < 1.29 is 14.0 Å². The van der Waals surface area contributed by atoms with Crippen LogP contribution in [0.3, 0.4) is 0 Å². The number of hydrogen-bond donors (Lipinski definition) is 1. The van der Waals surface area contributed by atoms with Crippen molar-refractivity contribution in [3.05, 3.63) is 72.1 Å². The summed E-state index contributed by atoms with van der Waals surface area (Å²) in [6.45, 7) is 3.61. The van der Waals surface area contributed by atoms with Gasteiger partial charge < -0.3 is 14.6 Å². The molecule has 30 heavy (non-hydrogen) atoms. The molecule has 0 saturated carbocycles. The molecular weight excluding hydrogens is 380 g/mol. The summed E-state index contributed by atoms with van der Waals surface area (Å²) in [7, 11) is 0. The van der Waals surface area contributed by atoms with Gasteiger partial charge in [-0.3, -0.25) is 9.59 Å². The number of rotatable bonds is 5. The number of amides is 2. The Morgan fingerprint density at radius 2 is 2.07 bits per heavy atom. The van der Waals surface area contributed by atoms with Crippen molar-refractivity contribution in [2.24, 2.45) is 5.92 Å². The number of aromatic nitrogens is 2. The van der Waals surface area contributed by atoms with Gasteiger partial charge in [-0.05, 0) is 31.7 Å². The number of aryl methyl sites for hydroxylation is 1. The monoisotopic (exact) mass is 404 g/mol. The lowest BCUT2D eigenvalue weighted by Gasteiger charge is -2.33. The van der Waals surface area contributed by atoms with Crippen molar-refractivity contribution in [1.82, 2.24) is 20.2 Å². The van der Waals surface area contributed by atoms with Gasteiger partial charge in [0, 0.05) is 31.4 Å². The molecule has 1 aliphatic heterocycles. The number of nitrogens with zero attached hydrogens (tertiary/aromatic N) is 3. The third-order valence-corrected chi connectivity index (χ3v) is 5.33. The minimum absolute atomic E-state index is 0.0697. The van der Waals surface area contributed by atoms with E-state index in [-0.39, 0.29) is 17.7 Å². The van der Waals surface area contributed by atoms with Crippen LogP contribution in [-0.2, 0) is 0 Å². The molecule has 0 bridgehead atoms. The first-order valence-corrected chi connectivity index (χ1v) is 10.1. The summed E-state index contributed by atoms with van der Waals surface area (Å²) < 4.78 is 4.96. The van der Waals surface area contributed by atoms with Gasteiger partial charge in [-0.2, -0.15) is 0 Å². The van der Waals surface area contributed by atoms with Crippen LogP contribution in [0.4, 0.5) is 0 Å². The summed E-state index contributed by atoms with van der Waals surface area (Å²) in [5.74, 6) is 0.596. The third-order valence-electron chi connectivity index (χ3n) is 5.33. The Bertz CT molecular complexity index is 1020. The predicted molar refractivity (Wildman–Crippen MR) is 112 cm³/mol. The minimum atomic E-state index is -0.162. The maximum absolute atomic E-state index is 13.3. The highest BCUT2D eigenvalue weighted by molar-refractivity contribution is 5.99. The second kappa shape index (κ2) is 8.90. The van der Waals surface area contributed by atoms with E-state index in [1.807, 2.05) is 42.2 Å². The standard InChI is InChI=1S/C23H24N4O3/c1-16-24-13-20(21(26-16)18-7-3-2-4-8-18)23(29)27-10-5-6-17(14-27)12-25-22(28)19-9-11-30-15-19/h2-4,7-9,11,13,15,17H,5-6,10,12,14H2,1H3,(H,25,28). The Labute approximate surface area is 175 Å². The molecule has 0 spiro atoms. The predicted octanol–water partition coefficient (Wildman–Crippen LogP) is 3.33. The summed E-state index contributed by atoms with van der Waals surface area (Å²) in [5.41, 5.74) is 2.56. The fraction of sp³-hybridized carbons (Fsp3) is 0.304. The molecule has 7 heteroatoms. The van der Waals surface area contributed by atoms with Crippen molar-refractivity contribution in [3.8, 4) is 11.3 Å². The van der Waals surface area contributed by atoms with Crippen LogP contribution in [0.5, 0.6) is 0 Å². The van der Waals surface area contributed by atoms with Crippen LogP contribution < -0.4 is 5.32 Å². The van der Waals surface area contributed by atoms with Crippen LogP contribution >= 0.6 is 0 Å². The van der Waals surface area contributed by atoms with Crippen molar-refractivity contribution in [2.75, 3.05) is 19.6 Å². The lowest BCUT2D eigenvalue weighted by molar-refractivity contribution is 0.0671. The molecule has 1 N–H and O–H groups in total. The number of nitrogens with one attached hydrogen (secondary N) is 1. The zero-order valence-corrected chi connectivity index (χ0v) is 16.9. The lowest BCUT2D eigenvalue weighted by Crippen LogP contribution is -2.44. The topological polar surface area (TPSA) is 88.3 Å². The van der Waals surface area contributed by atoms with Crippen molar-refractivity contribution >= 4 is 11.8 Å². The number of likely N-dealkylation sites (tertiary alicyclic amines) is 1. The van der Waals surface area contributed by atoms with E-state index < -0.39 is 0 Å². The molecular formula is C23H24N4O3. The molecule has 4 rings (SSSR count). The molecule has 1 saturated heterocycles. The molecule has 0 radical (unpaired) electrons. The van der Waals surface area contributed by atoms with Crippen LogP contribution in [0.25, 0.3) is 11.3 Å². The van der Waals surface area contributed by atoms with Gasteiger partial charge >= 0.3 is 0 Å². The van der Waals surface area contributed by atoms with Gasteiger partial charge in [-0.25, -0.2) is 9.97 Å². The van der Waals surface area contributed by atoms with Crippen molar-refractivity contribution in [1.29, 1.82) is 0 Å². The molecule has 1 atom stereocenters. The number of hydrogen-bond acceptors (Lipinski definition) is 5. The smallest absolute Gasteiger partial charge is 0.257 e. The Hall–Kier alpha value is -3.48. The maximum Gasteiger partial charge on any atom is 0.257 e. The molecule has 0 aliphatic carbocycles. The van der Waals surface area contributed by atoms with Crippen molar-refractivity contribution in [2.45, 2.75) is 19.8 Å². The zero-order chi connectivity index (χ0) is 20.9. The zero-order valence-electron chi connectivity index (χ0n) is 16.9.